The second kappa shape index (κ2) is 13.0. The van der Waals surface area contributed by atoms with Crippen molar-refractivity contribution in [3.05, 3.63) is 52.0 Å². The first-order valence-corrected chi connectivity index (χ1v) is 13.8. The van der Waals surface area contributed by atoms with Gasteiger partial charge in [0.1, 0.15) is 12.6 Å². The fraction of sp³-hybridized carbons (Fsp3) is 0.417. The number of nitrogens with zero attached hydrogens (tertiary/aromatic N) is 2. The molecule has 36 heavy (non-hydrogen) atoms. The number of hydrogen-bond acceptors (Lipinski definition) is 6. The van der Waals surface area contributed by atoms with Gasteiger partial charge in [-0.2, -0.15) is 0 Å². The third kappa shape index (κ3) is 7.41. The molecule has 0 spiro atoms. The molecule has 0 aromatic heterocycles. The Bertz CT molecular complexity index is 1190. The average molecular weight is 561 g/mol. The lowest BCUT2D eigenvalue weighted by Gasteiger charge is -2.33. The van der Waals surface area contributed by atoms with E-state index in [9.17, 15) is 18.0 Å². The third-order valence-corrected chi connectivity index (χ3v) is 7.29. The molecule has 0 aliphatic heterocycles. The number of benzene rings is 2. The first kappa shape index (κ1) is 29.5. The zero-order valence-electron chi connectivity index (χ0n) is 20.9. The van der Waals surface area contributed by atoms with E-state index in [0.29, 0.717) is 40.1 Å². The SMILES string of the molecule is CCNC(=O)[C@H](CC)N(Cc1ccc(Cl)c(Cl)c1)C(=O)CN(c1ccc(OC)c(OC)c1)S(C)(=O)=O. The molecule has 2 aromatic carbocycles. The second-order valence-electron chi connectivity index (χ2n) is 7.90. The van der Waals surface area contributed by atoms with Crippen LogP contribution in [0.4, 0.5) is 5.69 Å². The van der Waals surface area contributed by atoms with Crippen LogP contribution in [0, 0.1) is 0 Å². The molecule has 0 radical (unpaired) electrons. The van der Waals surface area contributed by atoms with E-state index < -0.39 is 28.5 Å². The summed E-state index contributed by atoms with van der Waals surface area (Å²) in [5.74, 6) is -0.202. The first-order valence-electron chi connectivity index (χ1n) is 11.2. The van der Waals surface area contributed by atoms with Crippen LogP contribution >= 0.6 is 23.2 Å². The Labute approximate surface area is 222 Å². The lowest BCUT2D eigenvalue weighted by molar-refractivity contribution is -0.140. The van der Waals surface area contributed by atoms with Crippen molar-refractivity contribution in [1.82, 2.24) is 10.2 Å². The molecule has 0 aliphatic rings. The van der Waals surface area contributed by atoms with E-state index in [1.807, 2.05) is 0 Å². The predicted octanol–water partition coefficient (Wildman–Crippen LogP) is 3.72. The number of amides is 2. The fourth-order valence-corrected chi connectivity index (χ4v) is 4.80. The summed E-state index contributed by atoms with van der Waals surface area (Å²) in [5.41, 5.74) is 0.849. The number of rotatable bonds is 12. The molecule has 9 nitrogen and oxygen atoms in total. The molecule has 0 aliphatic carbocycles. The molecule has 2 aromatic rings. The summed E-state index contributed by atoms with van der Waals surface area (Å²) < 4.78 is 36.9. The van der Waals surface area contributed by atoms with Crippen LogP contribution in [-0.4, -0.2) is 64.7 Å². The topological polar surface area (TPSA) is 105 Å². The summed E-state index contributed by atoms with van der Waals surface area (Å²) in [7, 11) is -1.00. The van der Waals surface area contributed by atoms with Gasteiger partial charge in [0, 0.05) is 19.2 Å². The number of methoxy groups -OCH3 is 2. The van der Waals surface area contributed by atoms with Gasteiger partial charge in [-0.05, 0) is 43.2 Å². The molecule has 0 bridgehead atoms. The normalized spacial score (nSPS) is 12.0. The minimum absolute atomic E-state index is 0.0227. The molecule has 0 saturated carbocycles. The van der Waals surface area contributed by atoms with Gasteiger partial charge in [0.2, 0.25) is 21.8 Å². The zero-order valence-corrected chi connectivity index (χ0v) is 23.2. The van der Waals surface area contributed by atoms with Crippen LogP contribution in [0.1, 0.15) is 25.8 Å². The molecule has 0 heterocycles. The number of halogens is 2. The van der Waals surface area contributed by atoms with Gasteiger partial charge < -0.3 is 19.7 Å². The number of ether oxygens (including phenoxy) is 2. The maximum absolute atomic E-state index is 13.6. The Hall–Kier alpha value is -2.69. The smallest absolute Gasteiger partial charge is 0.244 e. The lowest BCUT2D eigenvalue weighted by Crippen LogP contribution is -2.52. The Morgan fingerprint density at radius 1 is 1.00 bits per heavy atom. The molecule has 0 unspecified atom stereocenters. The number of carbonyl (C=O) groups excluding carboxylic acids is 2. The van der Waals surface area contributed by atoms with Crippen LogP contribution in [0.2, 0.25) is 10.0 Å². The van der Waals surface area contributed by atoms with Gasteiger partial charge in [0.05, 0.1) is 36.2 Å². The number of likely N-dealkylation sites (N-methyl/N-ethyl adjacent to an activating group) is 1. The van der Waals surface area contributed by atoms with Gasteiger partial charge in [-0.15, -0.1) is 0 Å². The van der Waals surface area contributed by atoms with Gasteiger partial charge in [0.15, 0.2) is 11.5 Å². The summed E-state index contributed by atoms with van der Waals surface area (Å²) in [6, 6.07) is 8.60. The molecule has 0 saturated heterocycles. The number of nitrogens with one attached hydrogen (secondary N) is 1. The lowest BCUT2D eigenvalue weighted by atomic mass is 10.1. The van der Waals surface area contributed by atoms with Gasteiger partial charge in [-0.25, -0.2) is 8.42 Å². The van der Waals surface area contributed by atoms with Gasteiger partial charge in [0.25, 0.3) is 0 Å². The van der Waals surface area contributed by atoms with E-state index in [2.05, 4.69) is 5.32 Å². The average Bonchev–Trinajstić information content (AvgIpc) is 2.83. The second-order valence-corrected chi connectivity index (χ2v) is 10.6. The monoisotopic (exact) mass is 559 g/mol. The highest BCUT2D eigenvalue weighted by Gasteiger charge is 2.32. The summed E-state index contributed by atoms with van der Waals surface area (Å²) in [6.07, 6.45) is 1.32. The van der Waals surface area contributed by atoms with E-state index in [1.165, 1.54) is 31.3 Å². The highest BCUT2D eigenvalue weighted by atomic mass is 35.5. The Balaban J connectivity index is 2.50. The van der Waals surface area contributed by atoms with Crippen molar-refractivity contribution in [2.24, 2.45) is 0 Å². The van der Waals surface area contributed by atoms with Crippen molar-refractivity contribution in [3.63, 3.8) is 0 Å². The number of anilines is 1. The summed E-state index contributed by atoms with van der Waals surface area (Å²) >= 11 is 12.2. The largest absolute Gasteiger partial charge is 0.493 e. The minimum Gasteiger partial charge on any atom is -0.493 e. The maximum Gasteiger partial charge on any atom is 0.244 e. The Morgan fingerprint density at radius 3 is 2.19 bits per heavy atom. The van der Waals surface area contributed by atoms with Crippen LogP contribution in [-0.2, 0) is 26.2 Å². The zero-order chi connectivity index (χ0) is 27.0. The van der Waals surface area contributed by atoms with E-state index in [-0.39, 0.29) is 18.1 Å². The first-order chi connectivity index (χ1) is 17.0. The fourth-order valence-electron chi connectivity index (χ4n) is 3.64. The van der Waals surface area contributed by atoms with E-state index in [1.54, 1.807) is 38.1 Å². The maximum atomic E-state index is 13.6. The minimum atomic E-state index is -3.89. The van der Waals surface area contributed by atoms with Crippen LogP contribution in [0.3, 0.4) is 0 Å². The number of carbonyl (C=O) groups is 2. The van der Waals surface area contributed by atoms with Gasteiger partial charge in [-0.1, -0.05) is 36.2 Å². The van der Waals surface area contributed by atoms with Crippen LogP contribution < -0.4 is 19.1 Å². The Morgan fingerprint density at radius 2 is 1.67 bits per heavy atom. The highest BCUT2D eigenvalue weighted by molar-refractivity contribution is 7.92. The Kier molecular flexibility index (Phi) is 10.7. The summed E-state index contributed by atoms with van der Waals surface area (Å²) in [4.78, 5) is 27.8. The number of hydrogen-bond donors (Lipinski definition) is 1. The number of sulfonamides is 1. The summed E-state index contributed by atoms with van der Waals surface area (Å²) in [5, 5.41) is 3.39. The van der Waals surface area contributed by atoms with Crippen molar-refractivity contribution in [3.8, 4) is 11.5 Å². The molecular weight excluding hydrogens is 529 g/mol. The van der Waals surface area contributed by atoms with Crippen molar-refractivity contribution >= 4 is 50.7 Å². The van der Waals surface area contributed by atoms with Crippen molar-refractivity contribution in [2.75, 3.05) is 37.9 Å². The predicted molar refractivity (Wildman–Crippen MR) is 142 cm³/mol. The quantitative estimate of drug-likeness (QED) is 0.425. The highest BCUT2D eigenvalue weighted by Crippen LogP contribution is 2.32. The van der Waals surface area contributed by atoms with Crippen molar-refractivity contribution in [1.29, 1.82) is 0 Å². The van der Waals surface area contributed by atoms with Crippen LogP contribution in [0.15, 0.2) is 36.4 Å². The van der Waals surface area contributed by atoms with Crippen LogP contribution in [0.25, 0.3) is 0 Å². The standard InChI is InChI=1S/C24H31Cl2N3O6S/c1-6-20(24(31)27-7-2)28(14-16-8-10-18(25)19(26)12-16)23(30)15-29(36(5,32)33)17-9-11-21(34-3)22(13-17)35-4/h8-13,20H,6-7,14-15H2,1-5H3,(H,27,31)/t20-/m0/s1. The van der Waals surface area contributed by atoms with Crippen LogP contribution in [0.5, 0.6) is 11.5 Å². The third-order valence-electron chi connectivity index (χ3n) is 5.41. The molecule has 12 heteroatoms. The molecular formula is C24H31Cl2N3O6S. The van der Waals surface area contributed by atoms with E-state index in [4.69, 9.17) is 32.7 Å². The van der Waals surface area contributed by atoms with E-state index >= 15 is 0 Å². The molecule has 1 atom stereocenters. The van der Waals surface area contributed by atoms with Gasteiger partial charge in [-0.3, -0.25) is 13.9 Å². The molecule has 2 rings (SSSR count). The van der Waals surface area contributed by atoms with Gasteiger partial charge >= 0.3 is 0 Å². The molecule has 198 valence electrons. The van der Waals surface area contributed by atoms with E-state index in [0.717, 1.165) is 10.6 Å². The van der Waals surface area contributed by atoms with Crippen molar-refractivity contribution < 1.29 is 27.5 Å². The summed E-state index contributed by atoms with van der Waals surface area (Å²) in [6.45, 7) is 3.42. The molecule has 0 fully saturated rings. The molecule has 2 amide bonds. The van der Waals surface area contributed by atoms with Crippen molar-refractivity contribution in [2.45, 2.75) is 32.9 Å². The molecule has 1 N–H and O–H groups in total.